The monoisotopic (exact) mass is 1320 g/mol. The van der Waals surface area contributed by atoms with Gasteiger partial charge in [0.2, 0.25) is 31.3 Å². The van der Waals surface area contributed by atoms with Crippen molar-refractivity contribution in [3.63, 3.8) is 0 Å². The molecule has 2 aromatic heterocycles. The van der Waals surface area contributed by atoms with Crippen molar-refractivity contribution in [1.82, 2.24) is 29.7 Å². The first kappa shape index (κ1) is 69.2. The molecule has 4 saturated heterocycles. The standard InChI is InChI=1S/C29H38ClN7O4S.C17H27N3O.C12H12Cl2N4O3S.C4H5/c1-19-16-23(26(41-3)17-24(19)37-14-10-20(11-15-37)36-12-5-6-13-36)33-29-31-18-21(30)28(34-29)32-22-8-7-9-25(40-2)27(22)35-42(4,38)39;1-13-11-15(18)17(21-2)12-16(13)20-9-5-14(6-10-20)19-7-3-4-8-19;1-21-9-5-3-4-8(10(9)18-22(2,19)20)16-11-7(13)6-15-12(14)17-11;1-3-4-2/h7-9,16-18,20,35H,5-6,10-15H2,1-4H3,(H2,31,32,33,34);11-12,14H,3-10,18H2,1-2H3;3-6,18H,1-2H3,(H,15,16,17);1H2,2H3/q;;;-1. The lowest BCUT2D eigenvalue weighted by Gasteiger charge is -2.38. The SMILES string of the molecule is COc1cc(N2CCC(N3CCCC3)CC2)c(C)cc1N.COc1cc(N2CCC(N3CCCC3)CC2)c(C)cc1Nc1ncc(Cl)c(Nc2cccc(OC)c2NS(C)(=O)=O)n1.COc1cccc(Nc2nc(Cl)ncc2Cl)c1NS(C)(=O)=O.[CH2-]C#CC. The van der Waals surface area contributed by atoms with E-state index in [2.05, 4.69) is 110 Å². The molecule has 0 atom stereocenters. The molecule has 0 spiro atoms. The summed E-state index contributed by atoms with van der Waals surface area (Å²) in [4.78, 5) is 26.9. The number of ether oxygens (including phenoxy) is 4. The molecule has 4 fully saturated rings. The maximum absolute atomic E-state index is 12.0. The third kappa shape index (κ3) is 19.6. The molecule has 0 saturated carbocycles. The van der Waals surface area contributed by atoms with E-state index in [4.69, 9.17) is 59.5 Å². The van der Waals surface area contributed by atoms with Crippen LogP contribution in [-0.2, 0) is 20.0 Å². The van der Waals surface area contributed by atoms with Gasteiger partial charge in [0.1, 0.15) is 44.4 Å². The summed E-state index contributed by atoms with van der Waals surface area (Å²) in [5.41, 5.74) is 13.5. The molecule has 4 aliphatic rings. The Kier molecular flexibility index (Phi) is 25.3. The maximum Gasteiger partial charge on any atom is 0.230 e. The summed E-state index contributed by atoms with van der Waals surface area (Å²) in [6, 6.07) is 19.7. The molecular formula is C62H82Cl3N14O8S2-. The van der Waals surface area contributed by atoms with Crippen molar-refractivity contribution in [1.29, 1.82) is 0 Å². The van der Waals surface area contributed by atoms with E-state index in [1.807, 2.05) is 12.1 Å². The van der Waals surface area contributed by atoms with E-state index in [-0.39, 0.29) is 38.3 Å². The number of methoxy groups -OCH3 is 4. The van der Waals surface area contributed by atoms with Gasteiger partial charge in [-0.1, -0.05) is 42.3 Å². The van der Waals surface area contributed by atoms with Crippen LogP contribution in [0.15, 0.2) is 73.1 Å². The van der Waals surface area contributed by atoms with Crippen LogP contribution < -0.4 is 59.9 Å². The zero-order valence-electron chi connectivity index (χ0n) is 52.0. The second-order valence-corrected chi connectivity index (χ2v) is 26.3. The molecule has 4 aliphatic heterocycles. The highest BCUT2D eigenvalue weighted by Gasteiger charge is 2.29. The molecular weight excluding hydrogens is 1240 g/mol. The van der Waals surface area contributed by atoms with Gasteiger partial charge in [-0.25, -0.2) is 26.8 Å². The number of hydrogen-bond donors (Lipinski definition) is 6. The molecule has 0 radical (unpaired) electrons. The molecule has 4 aromatic carbocycles. The summed E-state index contributed by atoms with van der Waals surface area (Å²) in [6.45, 7) is 18.6. The molecule has 27 heteroatoms. The summed E-state index contributed by atoms with van der Waals surface area (Å²) in [7, 11) is -0.861. The van der Waals surface area contributed by atoms with E-state index < -0.39 is 20.0 Å². The minimum absolute atomic E-state index is 0.00687. The van der Waals surface area contributed by atoms with Gasteiger partial charge in [0.25, 0.3) is 0 Å². The number of benzene rings is 4. The van der Waals surface area contributed by atoms with E-state index in [0.29, 0.717) is 40.6 Å². The van der Waals surface area contributed by atoms with Crippen LogP contribution in [0, 0.1) is 32.6 Å². The van der Waals surface area contributed by atoms with Gasteiger partial charge in [-0.2, -0.15) is 16.9 Å². The fourth-order valence-electron chi connectivity index (χ4n) is 11.2. The average Bonchev–Trinajstić information content (AvgIpc) is 2.95. The summed E-state index contributed by atoms with van der Waals surface area (Å²) in [5.74, 6) is 7.97. The smallest absolute Gasteiger partial charge is 0.230 e. The van der Waals surface area contributed by atoms with Gasteiger partial charge in [0.05, 0.1) is 76.1 Å². The van der Waals surface area contributed by atoms with Crippen LogP contribution in [0.5, 0.6) is 23.0 Å². The Bertz CT molecular complexity index is 3640. The van der Waals surface area contributed by atoms with Gasteiger partial charge in [-0.05, 0) is 151 Å². The number of nitrogen functional groups attached to an aromatic ring is 1. The average molecular weight is 1320 g/mol. The number of hydrogen-bond acceptors (Lipinski definition) is 20. The lowest BCUT2D eigenvalue weighted by molar-refractivity contribution is 0.208. The van der Waals surface area contributed by atoms with E-state index in [1.165, 1.54) is 121 Å². The van der Waals surface area contributed by atoms with E-state index in [0.717, 1.165) is 67.4 Å². The molecule has 6 heterocycles. The number of nitrogens with two attached hydrogens (primary N) is 1. The number of piperidine rings is 2. The van der Waals surface area contributed by atoms with Crippen molar-refractivity contribution in [3.05, 3.63) is 106 Å². The van der Waals surface area contributed by atoms with E-state index in [1.54, 1.807) is 57.5 Å². The van der Waals surface area contributed by atoms with Crippen LogP contribution in [-0.4, -0.2) is 152 Å². The number of rotatable bonds is 18. The molecule has 22 nitrogen and oxygen atoms in total. The highest BCUT2D eigenvalue weighted by molar-refractivity contribution is 7.92. The van der Waals surface area contributed by atoms with Crippen LogP contribution in [0.2, 0.25) is 15.3 Å². The van der Waals surface area contributed by atoms with E-state index >= 15 is 0 Å². The number of aryl methyl sites for hydroxylation is 2. The van der Waals surface area contributed by atoms with Crippen LogP contribution >= 0.6 is 34.8 Å². The number of anilines is 11. The second-order valence-electron chi connectivity index (χ2n) is 21.7. The van der Waals surface area contributed by atoms with Crippen molar-refractivity contribution in [3.8, 4) is 34.8 Å². The first-order valence-electron chi connectivity index (χ1n) is 29.2. The molecule has 89 heavy (non-hydrogen) atoms. The molecule has 7 N–H and O–H groups in total. The minimum Gasteiger partial charge on any atom is -0.495 e. The fourth-order valence-corrected chi connectivity index (χ4v) is 12.7. The summed E-state index contributed by atoms with van der Waals surface area (Å²) >= 11 is 18.2. The van der Waals surface area contributed by atoms with Gasteiger partial charge in [0, 0.05) is 61.8 Å². The van der Waals surface area contributed by atoms with Gasteiger partial charge >= 0.3 is 0 Å². The normalized spacial score (nSPS) is 15.6. The Labute approximate surface area is 540 Å². The minimum atomic E-state index is -3.58. The molecule has 6 aromatic rings. The number of aromatic nitrogens is 4. The number of nitrogens with zero attached hydrogens (tertiary/aromatic N) is 8. The lowest BCUT2D eigenvalue weighted by atomic mass is 10.0. The van der Waals surface area contributed by atoms with Crippen molar-refractivity contribution in [2.45, 2.75) is 84.2 Å². The quantitative estimate of drug-likeness (QED) is 0.0202. The van der Waals surface area contributed by atoms with Gasteiger partial charge < -0.3 is 66.2 Å². The summed E-state index contributed by atoms with van der Waals surface area (Å²) < 4.78 is 73.6. The van der Waals surface area contributed by atoms with Crippen LogP contribution in [0.1, 0.15) is 69.4 Å². The molecule has 482 valence electrons. The van der Waals surface area contributed by atoms with Crippen molar-refractivity contribution < 1.29 is 35.8 Å². The second kappa shape index (κ2) is 32.5. The maximum atomic E-state index is 12.0. The Hall–Kier alpha value is -7.24. The number of nitrogens with one attached hydrogen (secondary N) is 5. The highest BCUT2D eigenvalue weighted by atomic mass is 35.5. The van der Waals surface area contributed by atoms with E-state index in [9.17, 15) is 16.8 Å². The lowest BCUT2D eigenvalue weighted by Crippen LogP contribution is -2.44. The largest absolute Gasteiger partial charge is 0.495 e. The third-order valence-corrected chi connectivity index (χ3v) is 17.3. The molecule has 0 unspecified atom stereocenters. The first-order chi connectivity index (χ1) is 42.5. The fraction of sp³-hybridized carbons (Fsp3) is 0.435. The first-order valence-corrected chi connectivity index (χ1v) is 34.1. The number of likely N-dealkylation sites (tertiary alicyclic amines) is 2. The van der Waals surface area contributed by atoms with Crippen LogP contribution in [0.3, 0.4) is 0 Å². The van der Waals surface area contributed by atoms with Crippen molar-refractivity contribution >= 4 is 118 Å². The topological polar surface area (TPSA) is 256 Å². The number of para-hydroxylation sites is 2. The molecule has 0 amide bonds. The third-order valence-electron chi connectivity index (χ3n) is 15.4. The number of sulfonamides is 2. The highest BCUT2D eigenvalue weighted by Crippen LogP contribution is 2.41. The van der Waals surface area contributed by atoms with Crippen LogP contribution in [0.4, 0.5) is 63.1 Å². The van der Waals surface area contributed by atoms with Gasteiger partial charge in [-0.3, -0.25) is 15.4 Å². The predicted molar refractivity (Wildman–Crippen MR) is 363 cm³/mol. The van der Waals surface area contributed by atoms with Crippen molar-refractivity contribution in [2.75, 3.05) is 134 Å². The summed E-state index contributed by atoms with van der Waals surface area (Å²) in [5, 5.41) is 9.77. The van der Waals surface area contributed by atoms with Crippen LogP contribution in [0.25, 0.3) is 0 Å². The van der Waals surface area contributed by atoms with Gasteiger partial charge in [0.15, 0.2) is 11.6 Å². The summed E-state index contributed by atoms with van der Waals surface area (Å²) in [6.07, 6.45) is 15.2. The molecule has 0 aliphatic carbocycles. The zero-order valence-corrected chi connectivity index (χ0v) is 55.9. The predicted octanol–water partition coefficient (Wildman–Crippen LogP) is 11.8. The Morgan fingerprint density at radius 1 is 0.573 bits per heavy atom. The van der Waals surface area contributed by atoms with Gasteiger partial charge in [-0.15, -0.1) is 0 Å². The Morgan fingerprint density at radius 2 is 0.989 bits per heavy atom. The Morgan fingerprint density at radius 3 is 1.42 bits per heavy atom. The van der Waals surface area contributed by atoms with Crippen molar-refractivity contribution in [2.24, 2.45) is 0 Å². The molecule has 10 rings (SSSR count). The zero-order chi connectivity index (χ0) is 64.4. The number of halogens is 3. The molecule has 0 bridgehead atoms. The Balaban J connectivity index is 0.000000201.